The number of benzene rings is 2. The number of carbonyl (C=O) groups excluding carboxylic acids is 1. The third kappa shape index (κ3) is 3.09. The highest BCUT2D eigenvalue weighted by Crippen LogP contribution is 2.32. The highest BCUT2D eigenvalue weighted by Gasteiger charge is 2.34. The summed E-state index contributed by atoms with van der Waals surface area (Å²) in [4.78, 5) is 12.1. The molecule has 0 saturated heterocycles. The monoisotopic (exact) mass is 300 g/mol. The Morgan fingerprint density at radius 1 is 0.905 bits per heavy atom. The minimum Gasteiger partial charge on any atom is -0.289 e. The number of alkyl halides is 3. The van der Waals surface area contributed by atoms with Gasteiger partial charge in [-0.25, -0.2) is 8.78 Å². The summed E-state index contributed by atoms with van der Waals surface area (Å²) in [5, 5.41) is 0. The van der Waals surface area contributed by atoms with Gasteiger partial charge in [-0.15, -0.1) is 0 Å². The molecule has 0 spiro atoms. The number of carbonyl (C=O) groups is 1. The van der Waals surface area contributed by atoms with Crippen LogP contribution in [0.5, 0.6) is 0 Å². The molecule has 0 unspecified atom stereocenters. The minimum absolute atomic E-state index is 0.0358. The average molecular weight is 300 g/mol. The Hall–Kier alpha value is -2.24. The zero-order valence-electron chi connectivity index (χ0n) is 10.8. The molecule has 0 bridgehead atoms. The Balaban J connectivity index is 2.46. The first kappa shape index (κ1) is 15.2. The summed E-state index contributed by atoms with van der Waals surface area (Å²) in [6.07, 6.45) is -4.89. The molecule has 0 heterocycles. The maximum absolute atomic E-state index is 13.2. The van der Waals surface area contributed by atoms with Crippen molar-refractivity contribution >= 4 is 5.78 Å². The van der Waals surface area contributed by atoms with E-state index < -0.39 is 29.2 Å². The van der Waals surface area contributed by atoms with Gasteiger partial charge >= 0.3 is 6.18 Å². The lowest BCUT2D eigenvalue weighted by Crippen LogP contribution is -2.11. The molecule has 0 aromatic heterocycles. The van der Waals surface area contributed by atoms with Gasteiger partial charge in [-0.3, -0.25) is 4.79 Å². The molecular formula is C15H9F5O. The van der Waals surface area contributed by atoms with Gasteiger partial charge in [-0.1, -0.05) is 0 Å². The van der Waals surface area contributed by atoms with Gasteiger partial charge in [0.15, 0.2) is 5.78 Å². The van der Waals surface area contributed by atoms with Gasteiger partial charge < -0.3 is 0 Å². The highest BCUT2D eigenvalue weighted by molar-refractivity contribution is 6.09. The van der Waals surface area contributed by atoms with Gasteiger partial charge in [0.05, 0.1) is 5.56 Å². The topological polar surface area (TPSA) is 17.1 Å². The van der Waals surface area contributed by atoms with Crippen LogP contribution in [0.4, 0.5) is 22.0 Å². The first-order chi connectivity index (χ1) is 9.70. The third-order valence-corrected chi connectivity index (χ3v) is 2.95. The first-order valence-corrected chi connectivity index (χ1v) is 5.88. The molecule has 21 heavy (non-hydrogen) atoms. The van der Waals surface area contributed by atoms with Crippen molar-refractivity contribution in [2.45, 2.75) is 13.1 Å². The van der Waals surface area contributed by atoms with Gasteiger partial charge in [0.2, 0.25) is 0 Å². The van der Waals surface area contributed by atoms with Crippen LogP contribution in [-0.4, -0.2) is 5.78 Å². The Bertz CT molecular complexity index is 704. The van der Waals surface area contributed by atoms with Crippen LogP contribution in [0.15, 0.2) is 36.4 Å². The minimum atomic E-state index is -4.89. The van der Waals surface area contributed by atoms with Crippen molar-refractivity contribution in [1.82, 2.24) is 0 Å². The van der Waals surface area contributed by atoms with Crippen molar-refractivity contribution in [3.8, 4) is 0 Å². The molecule has 0 fully saturated rings. The molecule has 2 aromatic carbocycles. The largest absolute Gasteiger partial charge is 0.419 e. The zero-order chi connectivity index (χ0) is 15.8. The molecule has 6 heteroatoms. The van der Waals surface area contributed by atoms with Gasteiger partial charge in [0.1, 0.15) is 11.6 Å². The van der Waals surface area contributed by atoms with E-state index in [2.05, 4.69) is 0 Å². The molecule has 0 N–H and O–H groups in total. The summed E-state index contributed by atoms with van der Waals surface area (Å²) in [5.41, 5.74) is -1.59. The zero-order valence-corrected chi connectivity index (χ0v) is 10.8. The molecule has 0 aliphatic carbocycles. The van der Waals surface area contributed by atoms with Crippen molar-refractivity contribution in [3.63, 3.8) is 0 Å². The predicted molar refractivity (Wildman–Crippen MR) is 66.0 cm³/mol. The fourth-order valence-electron chi connectivity index (χ4n) is 1.84. The van der Waals surface area contributed by atoms with Crippen molar-refractivity contribution in [1.29, 1.82) is 0 Å². The van der Waals surface area contributed by atoms with Crippen LogP contribution in [-0.2, 0) is 6.18 Å². The van der Waals surface area contributed by atoms with E-state index in [9.17, 15) is 26.7 Å². The lowest BCUT2D eigenvalue weighted by atomic mass is 9.99. The predicted octanol–water partition coefficient (Wildman–Crippen LogP) is 4.52. The number of rotatable bonds is 2. The van der Waals surface area contributed by atoms with Gasteiger partial charge in [0.25, 0.3) is 0 Å². The average Bonchev–Trinajstić information content (AvgIpc) is 2.40. The van der Waals surface area contributed by atoms with Gasteiger partial charge in [-0.2, -0.15) is 13.2 Å². The normalized spacial score (nSPS) is 11.5. The lowest BCUT2D eigenvalue weighted by molar-refractivity contribution is -0.140. The fourth-order valence-corrected chi connectivity index (χ4v) is 1.84. The molecule has 0 radical (unpaired) electrons. The molecule has 110 valence electrons. The van der Waals surface area contributed by atoms with E-state index in [0.29, 0.717) is 12.1 Å². The number of ketones is 1. The lowest BCUT2D eigenvalue weighted by Gasteiger charge is -2.10. The molecule has 2 aromatic rings. The standard InChI is InChI=1S/C15H9F5O/c1-8-6-9(2-4-12(8)16)14(21)10-3-5-13(17)11(7-10)15(18,19)20/h2-7H,1H3. The van der Waals surface area contributed by atoms with Gasteiger partial charge in [-0.05, 0) is 48.9 Å². The summed E-state index contributed by atoms with van der Waals surface area (Å²) in [5.74, 6) is -2.71. The molecule has 0 atom stereocenters. The fraction of sp³-hybridized carbons (Fsp3) is 0.133. The number of halogens is 5. The number of hydrogen-bond donors (Lipinski definition) is 0. The molecule has 0 aliphatic rings. The second-order valence-electron chi connectivity index (χ2n) is 4.49. The molecule has 0 saturated carbocycles. The van der Waals surface area contributed by atoms with E-state index in [-0.39, 0.29) is 16.7 Å². The van der Waals surface area contributed by atoms with E-state index in [1.54, 1.807) is 0 Å². The van der Waals surface area contributed by atoms with Crippen LogP contribution in [0.1, 0.15) is 27.0 Å². The molecule has 2 rings (SSSR count). The van der Waals surface area contributed by atoms with Crippen molar-refractivity contribution < 1.29 is 26.7 Å². The second kappa shape index (κ2) is 5.27. The summed E-state index contributed by atoms with van der Waals surface area (Å²) in [6.45, 7) is 1.43. The second-order valence-corrected chi connectivity index (χ2v) is 4.49. The number of hydrogen-bond acceptors (Lipinski definition) is 1. The van der Waals surface area contributed by atoms with Crippen LogP contribution in [0, 0.1) is 18.6 Å². The Morgan fingerprint density at radius 3 is 1.95 bits per heavy atom. The quantitative estimate of drug-likeness (QED) is 0.588. The maximum atomic E-state index is 13.2. The van der Waals surface area contributed by atoms with Crippen molar-refractivity contribution in [2.75, 3.05) is 0 Å². The van der Waals surface area contributed by atoms with Crippen LogP contribution in [0.3, 0.4) is 0 Å². The van der Waals surface area contributed by atoms with E-state index in [4.69, 9.17) is 0 Å². The van der Waals surface area contributed by atoms with Crippen molar-refractivity contribution in [2.24, 2.45) is 0 Å². The number of aryl methyl sites for hydroxylation is 1. The Kier molecular flexibility index (Phi) is 3.80. The van der Waals surface area contributed by atoms with Crippen LogP contribution in [0.25, 0.3) is 0 Å². The SMILES string of the molecule is Cc1cc(C(=O)c2ccc(F)c(C(F)(F)F)c2)ccc1F. The first-order valence-electron chi connectivity index (χ1n) is 5.88. The van der Waals surface area contributed by atoms with Crippen LogP contribution >= 0.6 is 0 Å². The van der Waals surface area contributed by atoms with E-state index in [1.807, 2.05) is 0 Å². The van der Waals surface area contributed by atoms with E-state index in [0.717, 1.165) is 12.1 Å². The van der Waals surface area contributed by atoms with Gasteiger partial charge in [0, 0.05) is 11.1 Å². The summed E-state index contributed by atoms with van der Waals surface area (Å²) >= 11 is 0. The summed E-state index contributed by atoms with van der Waals surface area (Å²) < 4.78 is 64.1. The van der Waals surface area contributed by atoms with E-state index >= 15 is 0 Å². The van der Waals surface area contributed by atoms with Crippen LogP contribution in [0.2, 0.25) is 0 Å². The molecular weight excluding hydrogens is 291 g/mol. The van der Waals surface area contributed by atoms with E-state index in [1.165, 1.54) is 19.1 Å². The third-order valence-electron chi connectivity index (χ3n) is 2.95. The summed E-state index contributed by atoms with van der Waals surface area (Å²) in [7, 11) is 0. The molecule has 1 nitrogen and oxygen atoms in total. The Morgan fingerprint density at radius 2 is 1.43 bits per heavy atom. The smallest absolute Gasteiger partial charge is 0.289 e. The Labute approximate surface area is 117 Å². The summed E-state index contributed by atoms with van der Waals surface area (Å²) in [6, 6.07) is 5.46. The molecule has 0 aliphatic heterocycles. The maximum Gasteiger partial charge on any atom is 0.419 e. The van der Waals surface area contributed by atoms with Crippen molar-refractivity contribution in [3.05, 3.63) is 70.3 Å². The molecule has 0 amide bonds. The highest BCUT2D eigenvalue weighted by atomic mass is 19.4. The van der Waals surface area contributed by atoms with Crippen LogP contribution < -0.4 is 0 Å².